The number of rotatable bonds is 6. The number of nitrogens with zero attached hydrogens (tertiary/aromatic N) is 1. The molecule has 0 spiro atoms. The van der Waals surface area contributed by atoms with Crippen molar-refractivity contribution in [3.8, 4) is 5.75 Å². The molecule has 9 heteroatoms. The molecule has 1 heterocycles. The van der Waals surface area contributed by atoms with E-state index in [0.29, 0.717) is 16.4 Å². The number of nitrogens with one attached hydrogen (secondary N) is 2. The highest BCUT2D eigenvalue weighted by atomic mass is 32.2. The van der Waals surface area contributed by atoms with E-state index in [1.165, 1.54) is 23.5 Å². The van der Waals surface area contributed by atoms with Gasteiger partial charge >= 0.3 is 0 Å². The molecule has 0 unspecified atom stereocenters. The van der Waals surface area contributed by atoms with E-state index in [1.807, 2.05) is 18.2 Å². The Morgan fingerprint density at radius 2 is 1.73 bits per heavy atom. The van der Waals surface area contributed by atoms with Crippen molar-refractivity contribution < 1.29 is 17.9 Å². The molecule has 0 aliphatic rings. The van der Waals surface area contributed by atoms with Crippen LogP contribution in [-0.4, -0.2) is 26.4 Å². The summed E-state index contributed by atoms with van der Waals surface area (Å²) in [4.78, 5) is 17.1. The molecule has 7 nitrogen and oxygen atoms in total. The first-order valence-corrected chi connectivity index (χ1v) is 11.2. The predicted octanol–water partition coefficient (Wildman–Crippen LogP) is 4.36. The lowest BCUT2D eigenvalue weighted by Gasteiger charge is -2.08. The van der Waals surface area contributed by atoms with Gasteiger partial charge in [-0.3, -0.25) is 14.8 Å². The number of methoxy groups -OCH3 is 1. The summed E-state index contributed by atoms with van der Waals surface area (Å²) in [6, 6.07) is 19.7. The summed E-state index contributed by atoms with van der Waals surface area (Å²) in [5, 5.41) is 3.24. The summed E-state index contributed by atoms with van der Waals surface area (Å²) in [6.07, 6.45) is 0. The summed E-state index contributed by atoms with van der Waals surface area (Å²) >= 11 is 1.34. The summed E-state index contributed by atoms with van der Waals surface area (Å²) in [6.45, 7) is 0. The van der Waals surface area contributed by atoms with Crippen molar-refractivity contribution in [2.75, 3.05) is 17.1 Å². The van der Waals surface area contributed by atoms with E-state index >= 15 is 0 Å². The Morgan fingerprint density at radius 3 is 2.43 bits per heavy atom. The molecule has 30 heavy (non-hydrogen) atoms. The number of amides is 1. The van der Waals surface area contributed by atoms with Crippen molar-refractivity contribution in [3.05, 3.63) is 78.4 Å². The standard InChI is InChI=1S/C21H17N3O4S2/c1-28-16-11-12-18-19(13-16)29-21(22-18)23-20(25)14-7-9-15(10-8-14)24-30(26,27)17-5-3-2-4-6-17/h2-13,24H,1H3,(H,22,23,25). The Hall–Kier alpha value is -3.43. The lowest BCUT2D eigenvalue weighted by Crippen LogP contribution is -2.14. The van der Waals surface area contributed by atoms with Crippen LogP contribution in [0.4, 0.5) is 10.8 Å². The number of aromatic nitrogens is 1. The molecule has 1 amide bonds. The number of hydrogen-bond donors (Lipinski definition) is 2. The molecule has 0 fully saturated rings. The van der Waals surface area contributed by atoms with E-state index in [9.17, 15) is 13.2 Å². The number of thiazole rings is 1. The van der Waals surface area contributed by atoms with Gasteiger partial charge in [0.1, 0.15) is 5.75 Å². The molecular formula is C21H17N3O4S2. The molecule has 0 atom stereocenters. The molecule has 0 saturated heterocycles. The van der Waals surface area contributed by atoms with Gasteiger partial charge in [0.05, 0.1) is 22.2 Å². The number of fused-ring (bicyclic) bond motifs is 1. The first-order chi connectivity index (χ1) is 14.4. The van der Waals surface area contributed by atoms with Gasteiger partial charge in [-0.15, -0.1) is 0 Å². The first-order valence-electron chi connectivity index (χ1n) is 8.88. The molecule has 0 aliphatic carbocycles. The van der Waals surface area contributed by atoms with Crippen molar-refractivity contribution >= 4 is 48.3 Å². The largest absolute Gasteiger partial charge is 0.497 e. The fourth-order valence-electron chi connectivity index (χ4n) is 2.76. The van der Waals surface area contributed by atoms with E-state index in [2.05, 4.69) is 15.0 Å². The molecule has 3 aromatic carbocycles. The van der Waals surface area contributed by atoms with Gasteiger partial charge in [0, 0.05) is 11.3 Å². The topological polar surface area (TPSA) is 97.4 Å². The number of benzene rings is 3. The minimum Gasteiger partial charge on any atom is -0.497 e. The number of sulfonamides is 1. The highest BCUT2D eigenvalue weighted by Gasteiger charge is 2.14. The molecule has 4 aromatic rings. The van der Waals surface area contributed by atoms with Crippen LogP contribution in [0, 0.1) is 0 Å². The van der Waals surface area contributed by atoms with Crippen LogP contribution >= 0.6 is 11.3 Å². The highest BCUT2D eigenvalue weighted by molar-refractivity contribution is 7.92. The number of ether oxygens (including phenoxy) is 1. The van der Waals surface area contributed by atoms with E-state index in [-0.39, 0.29) is 10.8 Å². The van der Waals surface area contributed by atoms with Crippen LogP contribution in [0.1, 0.15) is 10.4 Å². The Morgan fingerprint density at radius 1 is 1.00 bits per heavy atom. The third-order valence-electron chi connectivity index (χ3n) is 4.27. The van der Waals surface area contributed by atoms with Crippen LogP contribution in [0.15, 0.2) is 77.7 Å². The fourth-order valence-corrected chi connectivity index (χ4v) is 4.73. The van der Waals surface area contributed by atoms with Crippen LogP contribution in [-0.2, 0) is 10.0 Å². The maximum absolute atomic E-state index is 12.5. The SMILES string of the molecule is COc1ccc2nc(NC(=O)c3ccc(NS(=O)(=O)c4ccccc4)cc3)sc2c1. The first kappa shape index (κ1) is 19.9. The molecular weight excluding hydrogens is 422 g/mol. The summed E-state index contributed by atoms with van der Waals surface area (Å²) in [5.41, 5.74) is 1.51. The molecule has 0 bridgehead atoms. The third-order valence-corrected chi connectivity index (χ3v) is 6.60. The second-order valence-corrected chi connectivity index (χ2v) is 9.02. The summed E-state index contributed by atoms with van der Waals surface area (Å²) in [7, 11) is -2.09. The van der Waals surface area contributed by atoms with Gasteiger partial charge in [-0.05, 0) is 54.6 Å². The van der Waals surface area contributed by atoms with Crippen LogP contribution in [0.2, 0.25) is 0 Å². The Kier molecular flexibility index (Phi) is 5.39. The van der Waals surface area contributed by atoms with Gasteiger partial charge in [-0.1, -0.05) is 29.5 Å². The maximum Gasteiger partial charge on any atom is 0.261 e. The zero-order valence-electron chi connectivity index (χ0n) is 15.8. The van der Waals surface area contributed by atoms with E-state index < -0.39 is 10.0 Å². The van der Waals surface area contributed by atoms with Crippen molar-refractivity contribution in [1.82, 2.24) is 4.98 Å². The Labute approximate surface area is 177 Å². The van der Waals surface area contributed by atoms with Gasteiger partial charge < -0.3 is 4.74 Å². The van der Waals surface area contributed by atoms with Gasteiger partial charge in [0.25, 0.3) is 15.9 Å². The minimum atomic E-state index is -3.68. The van der Waals surface area contributed by atoms with Crippen LogP contribution in [0.3, 0.4) is 0 Å². The fraction of sp³-hybridized carbons (Fsp3) is 0.0476. The molecule has 152 valence electrons. The van der Waals surface area contributed by atoms with E-state index in [1.54, 1.807) is 49.6 Å². The number of hydrogen-bond acceptors (Lipinski definition) is 6. The van der Waals surface area contributed by atoms with E-state index in [0.717, 1.165) is 16.0 Å². The molecule has 0 radical (unpaired) electrons. The average Bonchev–Trinajstić information content (AvgIpc) is 3.15. The Balaban J connectivity index is 1.47. The third kappa shape index (κ3) is 4.27. The quantitative estimate of drug-likeness (QED) is 0.465. The van der Waals surface area contributed by atoms with Crippen molar-refractivity contribution in [2.24, 2.45) is 0 Å². The second kappa shape index (κ2) is 8.13. The highest BCUT2D eigenvalue weighted by Crippen LogP contribution is 2.29. The molecule has 4 rings (SSSR count). The maximum atomic E-state index is 12.5. The van der Waals surface area contributed by atoms with E-state index in [4.69, 9.17) is 4.74 Å². The lowest BCUT2D eigenvalue weighted by atomic mass is 10.2. The Bertz CT molecular complexity index is 1300. The van der Waals surface area contributed by atoms with Gasteiger partial charge in [-0.2, -0.15) is 0 Å². The monoisotopic (exact) mass is 439 g/mol. The van der Waals surface area contributed by atoms with Crippen LogP contribution in [0.25, 0.3) is 10.2 Å². The van der Waals surface area contributed by atoms with Crippen molar-refractivity contribution in [2.45, 2.75) is 4.90 Å². The van der Waals surface area contributed by atoms with Gasteiger partial charge in [0.2, 0.25) is 0 Å². The van der Waals surface area contributed by atoms with Crippen molar-refractivity contribution in [1.29, 1.82) is 0 Å². The lowest BCUT2D eigenvalue weighted by molar-refractivity contribution is 0.102. The second-order valence-electron chi connectivity index (χ2n) is 6.30. The van der Waals surface area contributed by atoms with Crippen molar-refractivity contribution in [3.63, 3.8) is 0 Å². The molecule has 2 N–H and O–H groups in total. The number of carbonyl (C=O) groups is 1. The smallest absolute Gasteiger partial charge is 0.261 e. The van der Waals surface area contributed by atoms with Gasteiger partial charge in [-0.25, -0.2) is 13.4 Å². The molecule has 0 saturated carbocycles. The summed E-state index contributed by atoms with van der Waals surface area (Å²) in [5.74, 6) is 0.385. The number of anilines is 2. The summed E-state index contributed by atoms with van der Waals surface area (Å²) < 4.78 is 33.4. The average molecular weight is 440 g/mol. The zero-order chi connectivity index (χ0) is 21.1. The number of carbonyl (C=O) groups excluding carboxylic acids is 1. The zero-order valence-corrected chi connectivity index (χ0v) is 17.5. The molecule has 1 aromatic heterocycles. The minimum absolute atomic E-state index is 0.166. The van der Waals surface area contributed by atoms with Crippen LogP contribution in [0.5, 0.6) is 5.75 Å². The predicted molar refractivity (Wildman–Crippen MR) is 118 cm³/mol. The normalized spacial score (nSPS) is 11.2. The van der Waals surface area contributed by atoms with Crippen LogP contribution < -0.4 is 14.8 Å². The molecule has 0 aliphatic heterocycles. The van der Waals surface area contributed by atoms with Gasteiger partial charge in [0.15, 0.2) is 5.13 Å².